The molecule has 0 spiro atoms. The standard InChI is InChI=1S/C17H28O4/c1-15(2,3)21-14(19)20-11-17-7-4-5-13(17)12-6-8-16(17,9-12)10-18/h12-13,18H,4-11H2,1-3H3. The Morgan fingerprint density at radius 1 is 1.29 bits per heavy atom. The molecule has 0 radical (unpaired) electrons. The fourth-order valence-electron chi connectivity index (χ4n) is 5.51. The number of fused-ring (bicyclic) bond motifs is 5. The highest BCUT2D eigenvalue weighted by Gasteiger charge is 2.68. The summed E-state index contributed by atoms with van der Waals surface area (Å²) in [4.78, 5) is 11.9. The average molecular weight is 296 g/mol. The molecule has 4 unspecified atom stereocenters. The third kappa shape index (κ3) is 2.26. The Morgan fingerprint density at radius 3 is 2.71 bits per heavy atom. The SMILES string of the molecule is CC(C)(C)OC(=O)OCC12CCCC1C1CCC2(CO)C1. The Hall–Kier alpha value is -0.770. The van der Waals surface area contributed by atoms with Crippen LogP contribution < -0.4 is 0 Å². The Morgan fingerprint density at radius 2 is 2.05 bits per heavy atom. The van der Waals surface area contributed by atoms with Gasteiger partial charge in [0.25, 0.3) is 0 Å². The maximum atomic E-state index is 11.9. The second kappa shape index (κ2) is 4.87. The minimum Gasteiger partial charge on any atom is -0.434 e. The van der Waals surface area contributed by atoms with Crippen LogP contribution in [0, 0.1) is 22.7 Å². The summed E-state index contributed by atoms with van der Waals surface area (Å²) >= 11 is 0. The smallest absolute Gasteiger partial charge is 0.434 e. The summed E-state index contributed by atoms with van der Waals surface area (Å²) in [5, 5.41) is 10.0. The summed E-state index contributed by atoms with van der Waals surface area (Å²) in [5.41, 5.74) is -0.532. The van der Waals surface area contributed by atoms with Crippen molar-refractivity contribution in [3.05, 3.63) is 0 Å². The van der Waals surface area contributed by atoms with Crippen LogP contribution in [0.15, 0.2) is 0 Å². The van der Waals surface area contributed by atoms with Crippen molar-refractivity contribution in [2.45, 2.75) is 64.9 Å². The number of hydrogen-bond donors (Lipinski definition) is 1. The minimum atomic E-state index is -0.571. The molecule has 4 atom stereocenters. The van der Waals surface area contributed by atoms with Crippen LogP contribution in [0.2, 0.25) is 0 Å². The average Bonchev–Trinajstić information content (AvgIpc) is 3.05. The van der Waals surface area contributed by atoms with E-state index >= 15 is 0 Å². The Balaban J connectivity index is 1.72. The fraction of sp³-hybridized carbons (Fsp3) is 0.941. The molecule has 3 aliphatic rings. The quantitative estimate of drug-likeness (QED) is 0.810. The van der Waals surface area contributed by atoms with Gasteiger partial charge in [0.05, 0.1) is 0 Å². The molecule has 3 fully saturated rings. The summed E-state index contributed by atoms with van der Waals surface area (Å²) in [6, 6.07) is 0. The van der Waals surface area contributed by atoms with Crippen molar-refractivity contribution in [3.8, 4) is 0 Å². The van der Waals surface area contributed by atoms with Crippen molar-refractivity contribution in [1.82, 2.24) is 0 Å². The molecule has 3 rings (SSSR count). The Labute approximate surface area is 127 Å². The molecule has 120 valence electrons. The second-order valence-corrected chi connectivity index (χ2v) is 8.35. The topological polar surface area (TPSA) is 55.8 Å². The van der Waals surface area contributed by atoms with Crippen LogP contribution in [0.25, 0.3) is 0 Å². The van der Waals surface area contributed by atoms with Gasteiger partial charge in [0.15, 0.2) is 0 Å². The molecule has 0 amide bonds. The van der Waals surface area contributed by atoms with Gasteiger partial charge in [0, 0.05) is 17.4 Å². The number of hydrogen-bond acceptors (Lipinski definition) is 4. The third-order valence-corrected chi connectivity index (χ3v) is 6.26. The first-order valence-corrected chi connectivity index (χ1v) is 8.29. The molecular formula is C17H28O4. The summed E-state index contributed by atoms with van der Waals surface area (Å²) in [6.45, 7) is 6.19. The zero-order valence-electron chi connectivity index (χ0n) is 13.5. The molecule has 4 nitrogen and oxygen atoms in total. The Bertz CT molecular complexity index is 427. The lowest BCUT2D eigenvalue weighted by molar-refractivity contribution is -0.0849. The molecule has 0 aromatic carbocycles. The summed E-state index contributed by atoms with van der Waals surface area (Å²) in [7, 11) is 0. The van der Waals surface area contributed by atoms with Gasteiger partial charge in [-0.15, -0.1) is 0 Å². The fourth-order valence-corrected chi connectivity index (χ4v) is 5.51. The highest BCUT2D eigenvalue weighted by atomic mass is 16.7. The first-order valence-electron chi connectivity index (χ1n) is 8.29. The predicted octanol–water partition coefficient (Wildman–Crippen LogP) is 3.52. The molecule has 2 bridgehead atoms. The number of carbonyl (C=O) groups excluding carboxylic acids is 1. The molecule has 4 heteroatoms. The Kier molecular flexibility index (Phi) is 3.51. The number of aliphatic hydroxyl groups is 1. The van der Waals surface area contributed by atoms with E-state index in [0.717, 1.165) is 25.2 Å². The zero-order valence-corrected chi connectivity index (χ0v) is 13.5. The molecule has 1 N–H and O–H groups in total. The lowest BCUT2D eigenvalue weighted by atomic mass is 9.60. The van der Waals surface area contributed by atoms with E-state index in [0.29, 0.717) is 12.5 Å². The lowest BCUT2D eigenvalue weighted by Gasteiger charge is -2.46. The van der Waals surface area contributed by atoms with Gasteiger partial charge in [0.2, 0.25) is 0 Å². The van der Waals surface area contributed by atoms with E-state index in [4.69, 9.17) is 9.47 Å². The molecular weight excluding hydrogens is 268 g/mol. The van der Waals surface area contributed by atoms with Crippen molar-refractivity contribution in [1.29, 1.82) is 0 Å². The van der Waals surface area contributed by atoms with E-state index in [1.165, 1.54) is 19.3 Å². The molecule has 0 aromatic rings. The van der Waals surface area contributed by atoms with Gasteiger partial charge < -0.3 is 14.6 Å². The normalized spacial score (nSPS) is 41.1. The van der Waals surface area contributed by atoms with E-state index in [1.807, 2.05) is 20.8 Å². The van der Waals surface area contributed by atoms with Gasteiger partial charge in [-0.1, -0.05) is 6.42 Å². The van der Waals surface area contributed by atoms with E-state index in [1.54, 1.807) is 0 Å². The molecule has 21 heavy (non-hydrogen) atoms. The van der Waals surface area contributed by atoms with Gasteiger partial charge >= 0.3 is 6.16 Å². The van der Waals surface area contributed by atoms with Crippen molar-refractivity contribution < 1.29 is 19.4 Å². The first kappa shape index (κ1) is 15.1. The second-order valence-electron chi connectivity index (χ2n) is 8.35. The largest absolute Gasteiger partial charge is 0.508 e. The first-order chi connectivity index (χ1) is 9.82. The van der Waals surface area contributed by atoms with Gasteiger partial charge in [0.1, 0.15) is 12.2 Å². The van der Waals surface area contributed by atoms with Crippen LogP contribution in [0.1, 0.15) is 59.3 Å². The number of carbonyl (C=O) groups is 1. The van der Waals surface area contributed by atoms with Crippen LogP contribution in [-0.2, 0) is 9.47 Å². The van der Waals surface area contributed by atoms with E-state index in [2.05, 4.69) is 0 Å². The predicted molar refractivity (Wildman–Crippen MR) is 78.8 cm³/mol. The van der Waals surface area contributed by atoms with E-state index in [9.17, 15) is 9.90 Å². The third-order valence-electron chi connectivity index (χ3n) is 6.26. The van der Waals surface area contributed by atoms with Crippen molar-refractivity contribution >= 4 is 6.16 Å². The van der Waals surface area contributed by atoms with Gasteiger partial charge in [-0.2, -0.15) is 0 Å². The van der Waals surface area contributed by atoms with Crippen LogP contribution in [0.3, 0.4) is 0 Å². The van der Waals surface area contributed by atoms with E-state index in [-0.39, 0.29) is 17.4 Å². The zero-order chi connectivity index (χ0) is 15.3. The maximum Gasteiger partial charge on any atom is 0.508 e. The number of rotatable bonds is 3. The highest BCUT2D eigenvalue weighted by Crippen LogP contribution is 2.72. The van der Waals surface area contributed by atoms with Crippen LogP contribution in [-0.4, -0.2) is 30.1 Å². The summed E-state index contributed by atoms with van der Waals surface area (Å²) < 4.78 is 10.8. The lowest BCUT2D eigenvalue weighted by Crippen LogP contribution is -2.47. The maximum absolute atomic E-state index is 11.9. The van der Waals surface area contributed by atoms with Gasteiger partial charge in [-0.3, -0.25) is 0 Å². The summed E-state index contributed by atoms with van der Waals surface area (Å²) in [5.74, 6) is 1.35. The van der Waals surface area contributed by atoms with Crippen molar-refractivity contribution in [2.75, 3.05) is 13.2 Å². The van der Waals surface area contributed by atoms with Gasteiger partial charge in [-0.25, -0.2) is 4.79 Å². The van der Waals surface area contributed by atoms with E-state index < -0.39 is 11.8 Å². The number of aliphatic hydroxyl groups excluding tert-OH is 1. The van der Waals surface area contributed by atoms with Crippen LogP contribution in [0.4, 0.5) is 4.79 Å². The highest BCUT2D eigenvalue weighted by molar-refractivity contribution is 5.60. The molecule has 0 aromatic heterocycles. The van der Waals surface area contributed by atoms with Crippen LogP contribution in [0.5, 0.6) is 0 Å². The minimum absolute atomic E-state index is 0.00156. The molecule has 0 heterocycles. The van der Waals surface area contributed by atoms with Crippen LogP contribution >= 0.6 is 0 Å². The molecule has 3 aliphatic carbocycles. The molecule has 0 aliphatic heterocycles. The van der Waals surface area contributed by atoms with Crippen molar-refractivity contribution in [2.24, 2.45) is 22.7 Å². The van der Waals surface area contributed by atoms with Gasteiger partial charge in [-0.05, 0) is 64.7 Å². The summed E-state index contributed by atoms with van der Waals surface area (Å²) in [6.07, 6.45) is 6.37. The molecule has 0 saturated heterocycles. The van der Waals surface area contributed by atoms with Crippen molar-refractivity contribution in [3.63, 3.8) is 0 Å². The number of ether oxygens (including phenoxy) is 2. The monoisotopic (exact) mass is 296 g/mol. The molecule has 3 saturated carbocycles.